The molecule has 0 saturated carbocycles. The van der Waals surface area contributed by atoms with Crippen molar-refractivity contribution < 1.29 is 9.53 Å². The van der Waals surface area contributed by atoms with Crippen LogP contribution in [-0.4, -0.2) is 17.5 Å². The first-order valence-corrected chi connectivity index (χ1v) is 6.64. The monoisotopic (exact) mass is 320 g/mol. The quantitative estimate of drug-likeness (QED) is 0.938. The van der Waals surface area contributed by atoms with Gasteiger partial charge in [-0.1, -0.05) is 22.0 Å². The summed E-state index contributed by atoms with van der Waals surface area (Å²) >= 11 is 3.36. The van der Waals surface area contributed by atoms with Gasteiger partial charge in [0, 0.05) is 16.4 Å². The van der Waals surface area contributed by atoms with Gasteiger partial charge in [0.1, 0.15) is 5.56 Å². The standard InChI is InChI=1S/C14H13BrN2O2/c1-2-19-14-12(7-4-8-16-14)13(18)17-11-6-3-5-10(15)9-11/h3-9H,2H2,1H3,(H,17,18). The van der Waals surface area contributed by atoms with Crippen LogP contribution >= 0.6 is 15.9 Å². The molecule has 0 aliphatic heterocycles. The molecule has 0 radical (unpaired) electrons. The third-order valence-electron chi connectivity index (χ3n) is 2.38. The Hall–Kier alpha value is -1.88. The molecule has 19 heavy (non-hydrogen) atoms. The SMILES string of the molecule is CCOc1ncccc1C(=O)Nc1cccc(Br)c1. The van der Waals surface area contributed by atoms with E-state index < -0.39 is 0 Å². The van der Waals surface area contributed by atoms with Gasteiger partial charge in [-0.25, -0.2) is 4.98 Å². The molecule has 0 atom stereocenters. The van der Waals surface area contributed by atoms with Crippen LogP contribution in [0.1, 0.15) is 17.3 Å². The van der Waals surface area contributed by atoms with Gasteiger partial charge < -0.3 is 10.1 Å². The van der Waals surface area contributed by atoms with Crippen LogP contribution in [0.15, 0.2) is 47.1 Å². The van der Waals surface area contributed by atoms with E-state index in [0.29, 0.717) is 23.7 Å². The molecular weight excluding hydrogens is 308 g/mol. The first-order chi connectivity index (χ1) is 9.20. The molecule has 0 bridgehead atoms. The topological polar surface area (TPSA) is 51.2 Å². The van der Waals surface area contributed by atoms with Crippen molar-refractivity contribution in [1.82, 2.24) is 4.98 Å². The van der Waals surface area contributed by atoms with Crippen LogP contribution in [0, 0.1) is 0 Å². The highest BCUT2D eigenvalue weighted by atomic mass is 79.9. The van der Waals surface area contributed by atoms with Crippen LogP contribution in [-0.2, 0) is 0 Å². The van der Waals surface area contributed by atoms with Gasteiger partial charge in [0.2, 0.25) is 5.88 Å². The second kappa shape index (κ2) is 6.33. The number of anilines is 1. The highest BCUT2D eigenvalue weighted by Crippen LogP contribution is 2.19. The summed E-state index contributed by atoms with van der Waals surface area (Å²) in [5.41, 5.74) is 1.13. The summed E-state index contributed by atoms with van der Waals surface area (Å²) in [5, 5.41) is 2.81. The zero-order valence-corrected chi connectivity index (χ0v) is 12.0. The van der Waals surface area contributed by atoms with Crippen molar-refractivity contribution in [2.45, 2.75) is 6.92 Å². The number of ether oxygens (including phenoxy) is 1. The van der Waals surface area contributed by atoms with E-state index in [1.807, 2.05) is 31.2 Å². The lowest BCUT2D eigenvalue weighted by atomic mass is 10.2. The Morgan fingerprint density at radius 3 is 2.95 bits per heavy atom. The van der Waals surface area contributed by atoms with Crippen molar-refractivity contribution in [2.75, 3.05) is 11.9 Å². The highest BCUT2D eigenvalue weighted by molar-refractivity contribution is 9.10. The average Bonchev–Trinajstić information content (AvgIpc) is 2.39. The van der Waals surface area contributed by atoms with Gasteiger partial charge in [0.05, 0.1) is 6.61 Å². The molecule has 0 aliphatic carbocycles. The molecule has 4 nitrogen and oxygen atoms in total. The maximum atomic E-state index is 12.2. The van der Waals surface area contributed by atoms with Gasteiger partial charge in [-0.05, 0) is 37.3 Å². The summed E-state index contributed by atoms with van der Waals surface area (Å²) in [6, 6.07) is 10.8. The zero-order chi connectivity index (χ0) is 13.7. The lowest BCUT2D eigenvalue weighted by Crippen LogP contribution is -2.14. The first kappa shape index (κ1) is 13.5. The summed E-state index contributed by atoms with van der Waals surface area (Å²) in [6.45, 7) is 2.32. The summed E-state index contributed by atoms with van der Waals surface area (Å²) in [6.07, 6.45) is 1.60. The Kier molecular flexibility index (Phi) is 4.52. The number of pyridine rings is 1. The third kappa shape index (κ3) is 3.54. The van der Waals surface area contributed by atoms with E-state index in [0.717, 1.165) is 4.47 Å². The van der Waals surface area contributed by atoms with Crippen LogP contribution in [0.3, 0.4) is 0 Å². The smallest absolute Gasteiger partial charge is 0.261 e. The minimum absolute atomic E-state index is 0.241. The number of aromatic nitrogens is 1. The van der Waals surface area contributed by atoms with E-state index in [4.69, 9.17) is 4.74 Å². The molecule has 1 aromatic heterocycles. The summed E-state index contributed by atoms with van der Waals surface area (Å²) in [5.74, 6) is 0.104. The van der Waals surface area contributed by atoms with E-state index in [-0.39, 0.29) is 5.91 Å². The van der Waals surface area contributed by atoms with Crippen molar-refractivity contribution in [3.63, 3.8) is 0 Å². The number of nitrogens with one attached hydrogen (secondary N) is 1. The molecule has 1 N–H and O–H groups in total. The maximum absolute atomic E-state index is 12.2. The van der Waals surface area contributed by atoms with Crippen molar-refractivity contribution >= 4 is 27.5 Å². The normalized spacial score (nSPS) is 10.0. The van der Waals surface area contributed by atoms with Crippen LogP contribution in [0.5, 0.6) is 5.88 Å². The second-order valence-electron chi connectivity index (χ2n) is 3.75. The molecular formula is C14H13BrN2O2. The van der Waals surface area contributed by atoms with Gasteiger partial charge >= 0.3 is 0 Å². The molecule has 0 saturated heterocycles. The summed E-state index contributed by atoms with van der Waals surface area (Å²) in [4.78, 5) is 16.2. The Labute approximate surface area is 119 Å². The fourth-order valence-corrected chi connectivity index (χ4v) is 1.98. The fraction of sp³-hybridized carbons (Fsp3) is 0.143. The number of rotatable bonds is 4. The molecule has 1 aromatic carbocycles. The summed E-state index contributed by atoms with van der Waals surface area (Å²) < 4.78 is 6.24. The fourth-order valence-electron chi connectivity index (χ4n) is 1.58. The number of amides is 1. The van der Waals surface area contributed by atoms with Gasteiger partial charge in [0.25, 0.3) is 5.91 Å². The molecule has 2 aromatic rings. The molecule has 1 amide bonds. The van der Waals surface area contributed by atoms with Crippen molar-refractivity contribution in [3.8, 4) is 5.88 Å². The average molecular weight is 321 g/mol. The minimum Gasteiger partial charge on any atom is -0.477 e. The van der Waals surface area contributed by atoms with E-state index in [1.165, 1.54) is 0 Å². The number of hydrogen-bond acceptors (Lipinski definition) is 3. The van der Waals surface area contributed by atoms with Gasteiger partial charge in [-0.2, -0.15) is 0 Å². The summed E-state index contributed by atoms with van der Waals surface area (Å²) in [7, 11) is 0. The van der Waals surface area contributed by atoms with Crippen molar-refractivity contribution in [1.29, 1.82) is 0 Å². The Balaban J connectivity index is 2.20. The van der Waals surface area contributed by atoms with E-state index in [9.17, 15) is 4.79 Å². The van der Waals surface area contributed by atoms with E-state index >= 15 is 0 Å². The van der Waals surface area contributed by atoms with Crippen LogP contribution in [0.2, 0.25) is 0 Å². The van der Waals surface area contributed by atoms with Crippen LogP contribution in [0.25, 0.3) is 0 Å². The Morgan fingerprint density at radius 1 is 1.37 bits per heavy atom. The molecule has 98 valence electrons. The largest absolute Gasteiger partial charge is 0.477 e. The van der Waals surface area contributed by atoms with E-state index in [2.05, 4.69) is 26.2 Å². The lowest BCUT2D eigenvalue weighted by Gasteiger charge is -2.09. The predicted molar refractivity (Wildman–Crippen MR) is 77.5 cm³/mol. The number of carbonyl (C=O) groups excluding carboxylic acids is 1. The second-order valence-corrected chi connectivity index (χ2v) is 4.67. The maximum Gasteiger partial charge on any atom is 0.261 e. The number of carbonyl (C=O) groups is 1. The molecule has 2 rings (SSSR count). The van der Waals surface area contributed by atoms with Crippen molar-refractivity contribution in [2.24, 2.45) is 0 Å². The van der Waals surface area contributed by atoms with Crippen LogP contribution < -0.4 is 10.1 Å². The first-order valence-electron chi connectivity index (χ1n) is 5.85. The Bertz CT molecular complexity index is 587. The third-order valence-corrected chi connectivity index (χ3v) is 2.87. The molecule has 5 heteroatoms. The number of hydrogen-bond donors (Lipinski definition) is 1. The van der Waals surface area contributed by atoms with Gasteiger partial charge in [-0.3, -0.25) is 4.79 Å². The lowest BCUT2D eigenvalue weighted by molar-refractivity contribution is 0.102. The van der Waals surface area contributed by atoms with Gasteiger partial charge in [-0.15, -0.1) is 0 Å². The predicted octanol–water partition coefficient (Wildman–Crippen LogP) is 3.50. The van der Waals surface area contributed by atoms with E-state index in [1.54, 1.807) is 18.3 Å². The van der Waals surface area contributed by atoms with Crippen molar-refractivity contribution in [3.05, 3.63) is 52.6 Å². The van der Waals surface area contributed by atoms with Gasteiger partial charge in [0.15, 0.2) is 0 Å². The number of nitrogens with zero attached hydrogens (tertiary/aromatic N) is 1. The molecule has 1 heterocycles. The molecule has 0 aliphatic rings. The van der Waals surface area contributed by atoms with Crippen LogP contribution in [0.4, 0.5) is 5.69 Å². The molecule has 0 fully saturated rings. The zero-order valence-electron chi connectivity index (χ0n) is 10.4. The number of benzene rings is 1. The minimum atomic E-state index is -0.241. The Morgan fingerprint density at radius 2 is 2.21 bits per heavy atom. The number of halogens is 1. The molecule has 0 unspecified atom stereocenters. The molecule has 0 spiro atoms. The highest BCUT2D eigenvalue weighted by Gasteiger charge is 2.13.